The Morgan fingerprint density at radius 2 is 2.06 bits per heavy atom. The van der Waals surface area contributed by atoms with Crippen molar-refractivity contribution >= 4 is 12.4 Å². The quantitative estimate of drug-likeness (QED) is 0.884. The Kier molecular flexibility index (Phi) is 7.14. The van der Waals surface area contributed by atoms with E-state index in [1.807, 2.05) is 0 Å². The molecule has 1 atom stereocenters. The monoisotopic (exact) mass is 269 g/mol. The van der Waals surface area contributed by atoms with Gasteiger partial charge in [-0.3, -0.25) is 0 Å². The molecule has 1 fully saturated rings. The maximum atomic E-state index is 5.78. The highest BCUT2D eigenvalue weighted by atomic mass is 35.5. The molecule has 0 bridgehead atoms. The minimum absolute atomic E-state index is 0. The summed E-state index contributed by atoms with van der Waals surface area (Å²) in [5.41, 5.74) is 1.37. The van der Waals surface area contributed by atoms with Crippen LogP contribution in [0.3, 0.4) is 0 Å². The van der Waals surface area contributed by atoms with Gasteiger partial charge in [-0.1, -0.05) is 19.1 Å². The Bertz CT molecular complexity index is 320. The van der Waals surface area contributed by atoms with Crippen LogP contribution in [0.1, 0.15) is 31.7 Å². The fourth-order valence-electron chi connectivity index (χ4n) is 2.34. The minimum atomic E-state index is 0. The van der Waals surface area contributed by atoms with Crippen LogP contribution in [-0.2, 0) is 6.42 Å². The van der Waals surface area contributed by atoms with Crippen molar-refractivity contribution in [1.82, 2.24) is 5.32 Å². The molecule has 18 heavy (non-hydrogen) atoms. The SMILES string of the molecule is CCc1ccc(OCCC2CCCNC2)cc1.Cl. The lowest BCUT2D eigenvalue weighted by atomic mass is 9.97. The van der Waals surface area contributed by atoms with E-state index in [1.54, 1.807) is 0 Å². The third kappa shape index (κ3) is 4.87. The highest BCUT2D eigenvalue weighted by Crippen LogP contribution is 2.16. The summed E-state index contributed by atoms with van der Waals surface area (Å²) in [4.78, 5) is 0. The molecule has 1 saturated heterocycles. The largest absolute Gasteiger partial charge is 0.494 e. The molecule has 0 saturated carbocycles. The van der Waals surface area contributed by atoms with Gasteiger partial charge in [-0.05, 0) is 62.4 Å². The second-order valence-electron chi connectivity index (χ2n) is 4.85. The Morgan fingerprint density at radius 3 is 2.67 bits per heavy atom. The molecule has 1 N–H and O–H groups in total. The van der Waals surface area contributed by atoms with E-state index in [-0.39, 0.29) is 12.4 Å². The Morgan fingerprint density at radius 1 is 1.28 bits per heavy atom. The van der Waals surface area contributed by atoms with E-state index >= 15 is 0 Å². The molecule has 102 valence electrons. The predicted octanol–water partition coefficient (Wildman–Crippen LogP) is 3.44. The Labute approximate surface area is 117 Å². The first-order valence-corrected chi connectivity index (χ1v) is 6.81. The second kappa shape index (κ2) is 8.39. The fourth-order valence-corrected chi connectivity index (χ4v) is 2.34. The zero-order valence-electron chi connectivity index (χ0n) is 11.2. The topological polar surface area (TPSA) is 21.3 Å². The summed E-state index contributed by atoms with van der Waals surface area (Å²) in [5, 5.41) is 3.44. The van der Waals surface area contributed by atoms with E-state index in [1.165, 1.54) is 31.4 Å². The van der Waals surface area contributed by atoms with Gasteiger partial charge < -0.3 is 10.1 Å². The smallest absolute Gasteiger partial charge is 0.119 e. The third-order valence-electron chi connectivity index (χ3n) is 3.53. The zero-order chi connectivity index (χ0) is 11.9. The van der Waals surface area contributed by atoms with Gasteiger partial charge in [-0.15, -0.1) is 12.4 Å². The van der Waals surface area contributed by atoms with Crippen molar-refractivity contribution in [3.63, 3.8) is 0 Å². The summed E-state index contributed by atoms with van der Waals surface area (Å²) in [7, 11) is 0. The molecule has 1 aromatic carbocycles. The molecule has 1 aliphatic heterocycles. The highest BCUT2D eigenvalue weighted by Gasteiger charge is 2.12. The van der Waals surface area contributed by atoms with Crippen LogP contribution in [-0.4, -0.2) is 19.7 Å². The van der Waals surface area contributed by atoms with Gasteiger partial charge in [0.25, 0.3) is 0 Å². The van der Waals surface area contributed by atoms with Crippen molar-refractivity contribution in [2.75, 3.05) is 19.7 Å². The summed E-state index contributed by atoms with van der Waals surface area (Å²) < 4.78 is 5.78. The lowest BCUT2D eigenvalue weighted by Crippen LogP contribution is -2.30. The van der Waals surface area contributed by atoms with Crippen LogP contribution < -0.4 is 10.1 Å². The normalized spacial score (nSPS) is 19.1. The highest BCUT2D eigenvalue weighted by molar-refractivity contribution is 5.85. The molecular formula is C15H24ClNO. The van der Waals surface area contributed by atoms with Crippen LogP contribution in [0, 0.1) is 5.92 Å². The summed E-state index contributed by atoms with van der Waals surface area (Å²) in [6.45, 7) is 5.37. The van der Waals surface area contributed by atoms with Crippen LogP contribution in [0.2, 0.25) is 0 Å². The van der Waals surface area contributed by atoms with Gasteiger partial charge in [0.2, 0.25) is 0 Å². The van der Waals surface area contributed by atoms with Crippen LogP contribution >= 0.6 is 12.4 Å². The molecule has 1 heterocycles. The van der Waals surface area contributed by atoms with Crippen molar-refractivity contribution < 1.29 is 4.74 Å². The molecule has 2 rings (SSSR count). The van der Waals surface area contributed by atoms with Gasteiger partial charge in [-0.25, -0.2) is 0 Å². The van der Waals surface area contributed by atoms with E-state index in [0.29, 0.717) is 0 Å². The molecule has 0 aliphatic carbocycles. The van der Waals surface area contributed by atoms with E-state index in [9.17, 15) is 0 Å². The molecular weight excluding hydrogens is 246 g/mol. The first-order valence-electron chi connectivity index (χ1n) is 6.81. The molecule has 0 aromatic heterocycles. The van der Waals surface area contributed by atoms with Crippen molar-refractivity contribution in [3.05, 3.63) is 29.8 Å². The lowest BCUT2D eigenvalue weighted by molar-refractivity contribution is 0.254. The van der Waals surface area contributed by atoms with Gasteiger partial charge >= 0.3 is 0 Å². The van der Waals surface area contributed by atoms with Gasteiger partial charge in [0.15, 0.2) is 0 Å². The number of halogens is 1. The average molecular weight is 270 g/mol. The summed E-state index contributed by atoms with van der Waals surface area (Å²) >= 11 is 0. The molecule has 3 heteroatoms. The Balaban J connectivity index is 0.00000162. The van der Waals surface area contributed by atoms with Crippen molar-refractivity contribution in [1.29, 1.82) is 0 Å². The van der Waals surface area contributed by atoms with E-state index in [4.69, 9.17) is 4.74 Å². The summed E-state index contributed by atoms with van der Waals surface area (Å²) in [5.74, 6) is 1.81. The van der Waals surface area contributed by atoms with Gasteiger partial charge in [0.05, 0.1) is 6.61 Å². The second-order valence-corrected chi connectivity index (χ2v) is 4.85. The lowest BCUT2D eigenvalue weighted by Gasteiger charge is -2.22. The zero-order valence-corrected chi connectivity index (χ0v) is 12.0. The molecule has 0 spiro atoms. The number of nitrogens with one attached hydrogen (secondary N) is 1. The van der Waals surface area contributed by atoms with Gasteiger partial charge in [0.1, 0.15) is 5.75 Å². The number of hydrogen-bond donors (Lipinski definition) is 1. The van der Waals surface area contributed by atoms with Gasteiger partial charge in [0, 0.05) is 0 Å². The van der Waals surface area contributed by atoms with E-state index < -0.39 is 0 Å². The fraction of sp³-hybridized carbons (Fsp3) is 0.600. The van der Waals surface area contributed by atoms with Gasteiger partial charge in [-0.2, -0.15) is 0 Å². The standard InChI is InChI=1S/C15H23NO.ClH/c1-2-13-5-7-15(8-6-13)17-11-9-14-4-3-10-16-12-14;/h5-8,14,16H,2-4,9-12H2,1H3;1H. The number of piperidine rings is 1. The number of hydrogen-bond acceptors (Lipinski definition) is 2. The van der Waals surface area contributed by atoms with Crippen LogP contribution in [0.4, 0.5) is 0 Å². The van der Waals surface area contributed by atoms with Crippen molar-refractivity contribution in [2.45, 2.75) is 32.6 Å². The van der Waals surface area contributed by atoms with Crippen molar-refractivity contribution in [2.24, 2.45) is 5.92 Å². The molecule has 0 radical (unpaired) electrons. The summed E-state index contributed by atoms with van der Waals surface area (Å²) in [6.07, 6.45) is 4.93. The van der Waals surface area contributed by atoms with Crippen molar-refractivity contribution in [3.8, 4) is 5.75 Å². The number of aryl methyl sites for hydroxylation is 1. The maximum absolute atomic E-state index is 5.78. The number of benzene rings is 1. The Hall–Kier alpha value is -0.730. The van der Waals surface area contributed by atoms with Crippen LogP contribution in [0.25, 0.3) is 0 Å². The predicted molar refractivity (Wildman–Crippen MR) is 78.8 cm³/mol. The molecule has 0 amide bonds. The molecule has 2 nitrogen and oxygen atoms in total. The van der Waals surface area contributed by atoms with E-state index in [0.717, 1.165) is 31.2 Å². The third-order valence-corrected chi connectivity index (χ3v) is 3.53. The first kappa shape index (κ1) is 15.3. The average Bonchev–Trinajstić information content (AvgIpc) is 2.41. The van der Waals surface area contributed by atoms with E-state index in [2.05, 4.69) is 36.5 Å². The molecule has 1 aliphatic rings. The molecule has 1 unspecified atom stereocenters. The number of rotatable bonds is 5. The van der Waals surface area contributed by atoms with Crippen LogP contribution in [0.5, 0.6) is 5.75 Å². The molecule has 1 aromatic rings. The number of ether oxygens (including phenoxy) is 1. The summed E-state index contributed by atoms with van der Waals surface area (Å²) in [6, 6.07) is 8.46. The van der Waals surface area contributed by atoms with Crippen LogP contribution in [0.15, 0.2) is 24.3 Å². The maximum Gasteiger partial charge on any atom is 0.119 e. The first-order chi connectivity index (χ1) is 8.38. The minimum Gasteiger partial charge on any atom is -0.494 e.